The SMILES string of the molecule is Nc1nc2c(ncn2CCOCP(=O)(OCc2cccc(Br)c2)OCc2coc(=O)o2)c(=O)[nH]1. The van der Waals surface area contributed by atoms with E-state index >= 15 is 0 Å². The van der Waals surface area contributed by atoms with Gasteiger partial charge in [-0.1, -0.05) is 28.1 Å². The normalized spacial score (nSPS) is 13.3. The van der Waals surface area contributed by atoms with Gasteiger partial charge in [0.15, 0.2) is 16.9 Å². The number of aromatic nitrogens is 4. The van der Waals surface area contributed by atoms with Crippen LogP contribution in [0.3, 0.4) is 0 Å². The third-order valence-electron chi connectivity index (χ3n) is 4.44. The van der Waals surface area contributed by atoms with Gasteiger partial charge in [-0.15, -0.1) is 0 Å². The Morgan fingerprint density at radius 2 is 2.06 bits per heavy atom. The summed E-state index contributed by atoms with van der Waals surface area (Å²) < 4.78 is 41.6. The van der Waals surface area contributed by atoms with E-state index in [2.05, 4.69) is 35.3 Å². The smallest absolute Gasteiger partial charge is 0.399 e. The molecule has 0 radical (unpaired) electrons. The van der Waals surface area contributed by atoms with Gasteiger partial charge >= 0.3 is 13.4 Å². The number of halogens is 1. The van der Waals surface area contributed by atoms with Crippen molar-refractivity contribution < 1.29 is 27.2 Å². The van der Waals surface area contributed by atoms with Crippen LogP contribution < -0.4 is 17.1 Å². The van der Waals surface area contributed by atoms with Crippen LogP contribution in [0.1, 0.15) is 11.3 Å². The highest BCUT2D eigenvalue weighted by atomic mass is 79.9. The summed E-state index contributed by atoms with van der Waals surface area (Å²) in [7, 11) is -3.78. The lowest BCUT2D eigenvalue weighted by Crippen LogP contribution is -2.13. The number of benzene rings is 1. The van der Waals surface area contributed by atoms with Gasteiger partial charge < -0.3 is 28.4 Å². The standard InChI is InChI=1S/C19H19BrN5O8P/c20-13-3-1-2-12(6-13)7-31-34(28,32-9-14-8-30-19(27)33-14)11-29-5-4-25-10-22-15-16(25)23-18(21)24-17(15)26/h1-3,6,8,10H,4-5,7,9,11H2,(H3,21,23,24,26). The molecule has 3 aromatic heterocycles. The topological polar surface area (TPSA) is 178 Å². The van der Waals surface area contributed by atoms with Crippen LogP contribution in [0.2, 0.25) is 0 Å². The van der Waals surface area contributed by atoms with E-state index < -0.39 is 19.0 Å². The van der Waals surface area contributed by atoms with Crippen molar-refractivity contribution >= 4 is 40.6 Å². The minimum Gasteiger partial charge on any atom is -0.399 e. The minimum absolute atomic E-state index is 0.00640. The van der Waals surface area contributed by atoms with E-state index in [0.717, 1.165) is 16.3 Å². The van der Waals surface area contributed by atoms with Crippen LogP contribution in [-0.2, 0) is 38.1 Å². The van der Waals surface area contributed by atoms with Crippen LogP contribution in [0.4, 0.5) is 5.95 Å². The summed E-state index contributed by atoms with van der Waals surface area (Å²) in [6, 6.07) is 7.27. The second kappa shape index (κ2) is 10.5. The van der Waals surface area contributed by atoms with E-state index in [4.69, 9.17) is 23.9 Å². The van der Waals surface area contributed by atoms with E-state index in [1.165, 1.54) is 6.33 Å². The van der Waals surface area contributed by atoms with E-state index in [1.807, 2.05) is 18.2 Å². The quantitative estimate of drug-likeness (QED) is 0.205. The summed E-state index contributed by atoms with van der Waals surface area (Å²) in [4.78, 5) is 33.4. The molecule has 13 nitrogen and oxygen atoms in total. The van der Waals surface area contributed by atoms with Crippen molar-refractivity contribution in [2.45, 2.75) is 19.8 Å². The van der Waals surface area contributed by atoms with Crippen LogP contribution in [0, 0.1) is 0 Å². The molecule has 0 saturated carbocycles. The number of nitrogen functional groups attached to an aromatic ring is 1. The van der Waals surface area contributed by atoms with Gasteiger partial charge in [-0.25, -0.2) is 9.78 Å². The number of fused-ring (bicyclic) bond motifs is 1. The highest BCUT2D eigenvalue weighted by Crippen LogP contribution is 2.49. The number of anilines is 1. The lowest BCUT2D eigenvalue weighted by Gasteiger charge is -2.18. The summed E-state index contributed by atoms with van der Waals surface area (Å²) in [6.07, 6.45) is 2.11. The van der Waals surface area contributed by atoms with Crippen molar-refractivity contribution in [3.63, 3.8) is 0 Å². The van der Waals surface area contributed by atoms with Crippen molar-refractivity contribution in [2.24, 2.45) is 0 Å². The maximum absolute atomic E-state index is 13.3. The zero-order valence-electron chi connectivity index (χ0n) is 17.5. The molecule has 0 bridgehead atoms. The van der Waals surface area contributed by atoms with Crippen LogP contribution in [0.25, 0.3) is 11.2 Å². The van der Waals surface area contributed by atoms with Crippen molar-refractivity contribution in [3.8, 4) is 0 Å². The Morgan fingerprint density at radius 1 is 1.24 bits per heavy atom. The Hall–Kier alpha value is -3.03. The molecule has 0 amide bonds. The highest BCUT2D eigenvalue weighted by molar-refractivity contribution is 9.10. The zero-order chi connectivity index (χ0) is 24.1. The Bertz CT molecular complexity index is 1440. The molecular weight excluding hydrogens is 537 g/mol. The van der Waals surface area contributed by atoms with Crippen LogP contribution >= 0.6 is 23.5 Å². The molecule has 34 heavy (non-hydrogen) atoms. The number of nitrogens with one attached hydrogen (secondary N) is 1. The number of hydrogen-bond acceptors (Lipinski definition) is 11. The van der Waals surface area contributed by atoms with Gasteiger partial charge in [0.1, 0.15) is 19.2 Å². The van der Waals surface area contributed by atoms with E-state index in [0.29, 0.717) is 5.65 Å². The first kappa shape index (κ1) is 24.1. The Kier molecular flexibility index (Phi) is 7.44. The lowest BCUT2D eigenvalue weighted by molar-refractivity contribution is 0.114. The molecule has 1 unspecified atom stereocenters. The molecule has 0 spiro atoms. The van der Waals surface area contributed by atoms with Crippen molar-refractivity contribution in [2.75, 3.05) is 18.7 Å². The first-order valence-electron chi connectivity index (χ1n) is 9.80. The van der Waals surface area contributed by atoms with Crippen LogP contribution in [-0.4, -0.2) is 32.5 Å². The van der Waals surface area contributed by atoms with Crippen molar-refractivity contribution in [1.29, 1.82) is 0 Å². The maximum atomic E-state index is 13.3. The van der Waals surface area contributed by atoms with Gasteiger partial charge in [-0.2, -0.15) is 4.98 Å². The number of imidazole rings is 1. The Labute approximate surface area is 199 Å². The molecular formula is C19H19BrN5O8P. The molecule has 0 aliphatic heterocycles. The summed E-state index contributed by atoms with van der Waals surface area (Å²) in [5, 5.41) is 0. The van der Waals surface area contributed by atoms with Crippen molar-refractivity contribution in [3.05, 3.63) is 73.6 Å². The average Bonchev–Trinajstić information content (AvgIpc) is 3.40. The highest BCUT2D eigenvalue weighted by Gasteiger charge is 2.26. The number of aromatic amines is 1. The van der Waals surface area contributed by atoms with Gasteiger partial charge in [-0.05, 0) is 17.7 Å². The Morgan fingerprint density at radius 3 is 2.82 bits per heavy atom. The van der Waals surface area contributed by atoms with Gasteiger partial charge in [0.2, 0.25) is 5.95 Å². The number of ether oxygens (including phenoxy) is 1. The number of hydrogen-bond donors (Lipinski definition) is 2. The fourth-order valence-electron chi connectivity index (χ4n) is 2.88. The predicted molar refractivity (Wildman–Crippen MR) is 122 cm³/mol. The van der Waals surface area contributed by atoms with E-state index in [9.17, 15) is 14.2 Å². The zero-order valence-corrected chi connectivity index (χ0v) is 20.0. The maximum Gasteiger partial charge on any atom is 0.518 e. The molecule has 3 heterocycles. The molecule has 0 saturated heterocycles. The van der Waals surface area contributed by atoms with Crippen molar-refractivity contribution in [1.82, 2.24) is 19.5 Å². The number of H-pyrrole nitrogens is 1. The molecule has 180 valence electrons. The molecule has 1 aromatic carbocycles. The molecule has 0 fully saturated rings. The van der Waals surface area contributed by atoms with E-state index in [-0.39, 0.29) is 49.9 Å². The number of nitrogens with two attached hydrogens (primary N) is 1. The van der Waals surface area contributed by atoms with Gasteiger partial charge in [0.05, 0.1) is 19.5 Å². The van der Waals surface area contributed by atoms with Gasteiger partial charge in [-0.3, -0.25) is 18.9 Å². The molecule has 4 aromatic rings. The second-order valence-corrected chi connectivity index (χ2v) is 9.85. The third-order valence-corrected chi connectivity index (χ3v) is 6.48. The molecule has 0 aliphatic carbocycles. The first-order valence-corrected chi connectivity index (χ1v) is 12.3. The summed E-state index contributed by atoms with van der Waals surface area (Å²) >= 11 is 3.37. The summed E-state index contributed by atoms with van der Waals surface area (Å²) in [5.74, 6) is -0.889. The molecule has 1 atom stereocenters. The molecule has 3 N–H and O–H groups in total. The van der Waals surface area contributed by atoms with Gasteiger partial charge in [0.25, 0.3) is 5.56 Å². The number of nitrogens with zero attached hydrogens (tertiary/aromatic N) is 3. The molecule has 4 rings (SSSR count). The fraction of sp³-hybridized carbons (Fsp3) is 0.263. The number of rotatable bonds is 11. The predicted octanol–water partition coefficient (Wildman–Crippen LogP) is 2.61. The van der Waals surface area contributed by atoms with E-state index in [1.54, 1.807) is 10.6 Å². The molecule has 0 aliphatic rings. The minimum atomic E-state index is -3.78. The molecule has 15 heteroatoms. The summed E-state index contributed by atoms with van der Waals surface area (Å²) in [6.45, 7) is -0.000593. The first-order chi connectivity index (χ1) is 16.3. The van der Waals surface area contributed by atoms with Gasteiger partial charge in [0, 0.05) is 11.0 Å². The monoisotopic (exact) mass is 555 g/mol. The van der Waals surface area contributed by atoms with Crippen LogP contribution in [0.15, 0.2) is 59.8 Å². The fourth-order valence-corrected chi connectivity index (χ4v) is 4.57. The average molecular weight is 556 g/mol. The largest absolute Gasteiger partial charge is 0.518 e. The van der Waals surface area contributed by atoms with Crippen LogP contribution in [0.5, 0.6) is 0 Å². The second-order valence-electron chi connectivity index (χ2n) is 6.94. The lowest BCUT2D eigenvalue weighted by atomic mass is 10.2. The Balaban J connectivity index is 1.39. The summed E-state index contributed by atoms with van der Waals surface area (Å²) in [5.41, 5.74) is 6.33. The third kappa shape index (κ3) is 6.10.